The number of thiazole rings is 1. The van der Waals surface area contributed by atoms with Crippen LogP contribution in [0, 0.1) is 20.8 Å². The number of aromatic nitrogens is 4. The van der Waals surface area contributed by atoms with Gasteiger partial charge in [-0.2, -0.15) is 0 Å². The third-order valence-corrected chi connectivity index (χ3v) is 6.74. The zero-order chi connectivity index (χ0) is 19.0. The zero-order valence-electron chi connectivity index (χ0n) is 16.3. The molecule has 4 heterocycles. The highest BCUT2D eigenvalue weighted by Gasteiger charge is 2.27. The fraction of sp³-hybridized carbons (Fsp3) is 0.550. The third-order valence-electron chi connectivity index (χ3n) is 5.67. The first-order valence-corrected chi connectivity index (χ1v) is 10.6. The van der Waals surface area contributed by atoms with Crippen LogP contribution >= 0.6 is 11.3 Å². The van der Waals surface area contributed by atoms with Crippen LogP contribution in [0.3, 0.4) is 0 Å². The van der Waals surface area contributed by atoms with Crippen LogP contribution in [0.25, 0.3) is 4.83 Å². The van der Waals surface area contributed by atoms with Crippen molar-refractivity contribution in [2.45, 2.75) is 58.9 Å². The number of fused-ring (bicyclic) bond motifs is 1. The molecule has 3 aromatic rings. The molecule has 1 saturated heterocycles. The summed E-state index contributed by atoms with van der Waals surface area (Å²) in [5.41, 5.74) is 2.49. The number of aryl methyl sites for hydroxylation is 4. The Labute approximate surface area is 163 Å². The van der Waals surface area contributed by atoms with Gasteiger partial charge in [-0.25, -0.2) is 9.97 Å². The van der Waals surface area contributed by atoms with E-state index in [0.29, 0.717) is 12.3 Å². The first-order valence-electron chi connectivity index (χ1n) is 9.73. The molecule has 0 unspecified atom stereocenters. The number of likely N-dealkylation sites (tertiary alicyclic amines) is 1. The van der Waals surface area contributed by atoms with Crippen molar-refractivity contribution >= 4 is 22.1 Å². The van der Waals surface area contributed by atoms with E-state index in [9.17, 15) is 4.79 Å². The molecule has 0 aliphatic carbocycles. The maximum absolute atomic E-state index is 12.6. The molecule has 1 amide bonds. The molecule has 7 heteroatoms. The lowest BCUT2D eigenvalue weighted by atomic mass is 9.94. The minimum absolute atomic E-state index is 0.282. The molecule has 3 aromatic heterocycles. The normalized spacial score (nSPS) is 15.7. The van der Waals surface area contributed by atoms with E-state index in [1.165, 1.54) is 16.2 Å². The summed E-state index contributed by atoms with van der Waals surface area (Å²) in [5.74, 6) is 2.83. The minimum atomic E-state index is 0.282. The van der Waals surface area contributed by atoms with E-state index in [2.05, 4.69) is 33.2 Å². The molecular formula is C20H27N5OS. The van der Waals surface area contributed by atoms with Crippen LogP contribution in [0.4, 0.5) is 0 Å². The van der Waals surface area contributed by atoms with Crippen LogP contribution in [0.5, 0.6) is 0 Å². The van der Waals surface area contributed by atoms with E-state index in [4.69, 9.17) is 4.98 Å². The molecule has 27 heavy (non-hydrogen) atoms. The summed E-state index contributed by atoms with van der Waals surface area (Å²) in [6, 6.07) is 0. The summed E-state index contributed by atoms with van der Waals surface area (Å²) in [6.07, 6.45) is 7.28. The van der Waals surface area contributed by atoms with E-state index in [1.807, 2.05) is 24.2 Å². The number of piperidine rings is 1. The van der Waals surface area contributed by atoms with Gasteiger partial charge < -0.3 is 9.47 Å². The number of nitrogens with zero attached hydrogens (tertiary/aromatic N) is 5. The van der Waals surface area contributed by atoms with Gasteiger partial charge in [-0.15, -0.1) is 11.3 Å². The Morgan fingerprint density at radius 1 is 1.22 bits per heavy atom. The van der Waals surface area contributed by atoms with Gasteiger partial charge in [-0.3, -0.25) is 9.20 Å². The van der Waals surface area contributed by atoms with E-state index in [0.717, 1.165) is 50.5 Å². The number of hydrogen-bond donors (Lipinski definition) is 0. The smallest absolute Gasteiger partial charge is 0.222 e. The Kier molecular flexibility index (Phi) is 5.04. The van der Waals surface area contributed by atoms with Gasteiger partial charge in [0.1, 0.15) is 16.5 Å². The van der Waals surface area contributed by atoms with Crippen LogP contribution in [0.1, 0.15) is 54.6 Å². The summed E-state index contributed by atoms with van der Waals surface area (Å²) < 4.78 is 4.37. The molecule has 0 spiro atoms. The van der Waals surface area contributed by atoms with Crippen molar-refractivity contribution in [1.29, 1.82) is 0 Å². The molecule has 0 atom stereocenters. The fourth-order valence-corrected chi connectivity index (χ4v) is 5.23. The highest BCUT2D eigenvalue weighted by Crippen LogP contribution is 2.34. The quantitative estimate of drug-likeness (QED) is 0.673. The predicted octanol–water partition coefficient (Wildman–Crippen LogP) is 3.70. The van der Waals surface area contributed by atoms with Crippen LogP contribution in [0.2, 0.25) is 0 Å². The lowest BCUT2D eigenvalue weighted by molar-refractivity contribution is -0.132. The third kappa shape index (κ3) is 3.52. The highest BCUT2D eigenvalue weighted by atomic mass is 32.1. The second kappa shape index (κ2) is 7.46. The fourth-order valence-electron chi connectivity index (χ4n) is 4.12. The van der Waals surface area contributed by atoms with E-state index in [1.54, 1.807) is 11.3 Å². The van der Waals surface area contributed by atoms with Crippen LogP contribution in [-0.2, 0) is 11.3 Å². The number of amides is 1. The summed E-state index contributed by atoms with van der Waals surface area (Å²) in [6.45, 7) is 8.76. The molecule has 1 aliphatic rings. The maximum atomic E-state index is 12.6. The molecule has 0 N–H and O–H groups in total. The monoisotopic (exact) mass is 385 g/mol. The predicted molar refractivity (Wildman–Crippen MR) is 107 cm³/mol. The topological polar surface area (TPSA) is 55.4 Å². The molecule has 0 bridgehead atoms. The van der Waals surface area contributed by atoms with Crippen molar-refractivity contribution in [2.75, 3.05) is 13.1 Å². The largest absolute Gasteiger partial charge is 0.343 e. The van der Waals surface area contributed by atoms with Crippen LogP contribution in [0.15, 0.2) is 17.8 Å². The molecule has 1 fully saturated rings. The Morgan fingerprint density at radius 2 is 2.00 bits per heavy atom. The van der Waals surface area contributed by atoms with Gasteiger partial charge in [-0.1, -0.05) is 0 Å². The summed E-state index contributed by atoms with van der Waals surface area (Å²) in [5, 5.41) is 2.20. The molecule has 0 saturated carbocycles. The van der Waals surface area contributed by atoms with Crippen LogP contribution < -0.4 is 0 Å². The molecule has 144 valence electrons. The van der Waals surface area contributed by atoms with Crippen LogP contribution in [-0.4, -0.2) is 42.8 Å². The van der Waals surface area contributed by atoms with Crippen molar-refractivity contribution in [3.05, 3.63) is 40.8 Å². The van der Waals surface area contributed by atoms with E-state index in [-0.39, 0.29) is 5.91 Å². The lowest BCUT2D eigenvalue weighted by Crippen LogP contribution is -2.38. The van der Waals surface area contributed by atoms with Crippen molar-refractivity contribution in [3.63, 3.8) is 0 Å². The minimum Gasteiger partial charge on any atom is -0.343 e. The maximum Gasteiger partial charge on any atom is 0.222 e. The Bertz CT molecular complexity index is 945. The average Bonchev–Trinajstić information content (AvgIpc) is 3.34. The standard InChI is InChI=1S/C20H27N5OS/c1-14-13-27-20-19(22-16(3)25(14)20)17-6-10-24(11-7-17)18(26)5-4-9-23-12-8-21-15(23)2/h8,12-13,17H,4-7,9-11H2,1-3H3. The van der Waals surface area contributed by atoms with Gasteiger partial charge in [0.25, 0.3) is 0 Å². The Balaban J connectivity index is 1.31. The lowest BCUT2D eigenvalue weighted by Gasteiger charge is -2.31. The second-order valence-electron chi connectivity index (χ2n) is 7.49. The molecule has 1 aliphatic heterocycles. The molecule has 4 rings (SSSR count). The first kappa shape index (κ1) is 18.2. The van der Waals surface area contributed by atoms with Crippen molar-refractivity contribution < 1.29 is 4.79 Å². The summed E-state index contributed by atoms with van der Waals surface area (Å²) >= 11 is 1.79. The second-order valence-corrected chi connectivity index (χ2v) is 8.35. The van der Waals surface area contributed by atoms with Crippen molar-refractivity contribution in [2.24, 2.45) is 0 Å². The SMILES string of the molecule is Cc1nccn1CCCC(=O)N1CCC(c2nc(C)n3c(C)csc23)CC1. The number of carbonyl (C=O) groups is 1. The number of carbonyl (C=O) groups excluding carboxylic acids is 1. The zero-order valence-corrected chi connectivity index (χ0v) is 17.1. The molecule has 0 aromatic carbocycles. The summed E-state index contributed by atoms with van der Waals surface area (Å²) in [4.78, 5) is 25.0. The van der Waals surface area contributed by atoms with Gasteiger partial charge in [0, 0.05) is 55.4 Å². The number of rotatable bonds is 5. The Morgan fingerprint density at radius 3 is 2.70 bits per heavy atom. The Hall–Kier alpha value is -2.15. The van der Waals surface area contributed by atoms with Gasteiger partial charge >= 0.3 is 0 Å². The van der Waals surface area contributed by atoms with E-state index < -0.39 is 0 Å². The summed E-state index contributed by atoms with van der Waals surface area (Å²) in [7, 11) is 0. The number of hydrogen-bond acceptors (Lipinski definition) is 4. The van der Waals surface area contributed by atoms with Gasteiger partial charge in [0.2, 0.25) is 5.91 Å². The number of imidazole rings is 2. The molecule has 6 nitrogen and oxygen atoms in total. The van der Waals surface area contributed by atoms with Gasteiger partial charge in [0.15, 0.2) is 0 Å². The molecule has 0 radical (unpaired) electrons. The first-order chi connectivity index (χ1) is 13.0. The van der Waals surface area contributed by atoms with E-state index >= 15 is 0 Å². The van der Waals surface area contributed by atoms with Gasteiger partial charge in [-0.05, 0) is 40.0 Å². The average molecular weight is 386 g/mol. The van der Waals surface area contributed by atoms with Gasteiger partial charge in [0.05, 0.1) is 5.69 Å². The van der Waals surface area contributed by atoms with Crippen molar-refractivity contribution in [3.8, 4) is 0 Å². The molecular weight excluding hydrogens is 358 g/mol. The highest BCUT2D eigenvalue weighted by molar-refractivity contribution is 7.15. The van der Waals surface area contributed by atoms with Crippen molar-refractivity contribution in [1.82, 2.24) is 23.8 Å².